The molecule has 0 N–H and O–H groups in total. The summed E-state index contributed by atoms with van der Waals surface area (Å²) in [6.07, 6.45) is 9.98. The Morgan fingerprint density at radius 1 is 1.25 bits per heavy atom. The number of carbonyl (C=O) groups excluding carboxylic acids is 1. The topological polar surface area (TPSA) is 50.6 Å². The second-order valence-corrected chi connectivity index (χ2v) is 7.90. The quantitative estimate of drug-likeness (QED) is 0.659. The number of rotatable bonds is 8. The molecule has 3 heterocycles. The lowest BCUT2D eigenvalue weighted by atomic mass is 10.1. The van der Waals surface area contributed by atoms with Crippen LogP contribution in [0.4, 0.5) is 0 Å². The first-order chi connectivity index (χ1) is 13.7. The minimum absolute atomic E-state index is 0.0578. The van der Waals surface area contributed by atoms with Gasteiger partial charge in [-0.2, -0.15) is 0 Å². The molecule has 0 radical (unpaired) electrons. The van der Waals surface area contributed by atoms with E-state index in [-0.39, 0.29) is 11.9 Å². The largest absolute Gasteiger partial charge is 0.493 e. The molecule has 1 aromatic heterocycles. The van der Waals surface area contributed by atoms with E-state index in [1.807, 2.05) is 37.8 Å². The minimum Gasteiger partial charge on any atom is -0.493 e. The van der Waals surface area contributed by atoms with Gasteiger partial charge in [-0.05, 0) is 38.7 Å². The van der Waals surface area contributed by atoms with Crippen LogP contribution >= 0.6 is 0 Å². The van der Waals surface area contributed by atoms with Crippen molar-refractivity contribution < 1.29 is 9.53 Å². The number of para-hydroxylation sites is 1. The van der Waals surface area contributed by atoms with E-state index in [0.29, 0.717) is 12.6 Å². The average Bonchev–Trinajstić information content (AvgIpc) is 3.38. The number of piperazine rings is 1. The van der Waals surface area contributed by atoms with Gasteiger partial charge in [0.25, 0.3) is 0 Å². The van der Waals surface area contributed by atoms with Gasteiger partial charge in [0.1, 0.15) is 5.75 Å². The van der Waals surface area contributed by atoms with Gasteiger partial charge in [-0.3, -0.25) is 9.69 Å². The molecule has 1 amide bonds. The molecule has 2 atom stereocenters. The van der Waals surface area contributed by atoms with Crippen LogP contribution in [0.25, 0.3) is 0 Å². The molecule has 2 aliphatic rings. The zero-order valence-corrected chi connectivity index (χ0v) is 16.7. The molecule has 0 aliphatic carbocycles. The molecule has 28 heavy (non-hydrogen) atoms. The summed E-state index contributed by atoms with van der Waals surface area (Å²) in [6.45, 7) is 6.37. The molecule has 150 valence electrons. The second kappa shape index (κ2) is 8.78. The lowest BCUT2D eigenvalue weighted by molar-refractivity contribution is -0.143. The first-order valence-electron chi connectivity index (χ1n) is 10.4. The smallest absolute Gasteiger partial charge is 0.239 e. The number of imidazole rings is 1. The van der Waals surface area contributed by atoms with Gasteiger partial charge >= 0.3 is 0 Å². The average molecular weight is 383 g/mol. The number of amides is 1. The number of benzene rings is 1. The van der Waals surface area contributed by atoms with Crippen LogP contribution in [0.2, 0.25) is 0 Å². The van der Waals surface area contributed by atoms with Crippen LogP contribution in [0, 0.1) is 0 Å². The van der Waals surface area contributed by atoms with E-state index >= 15 is 0 Å². The minimum atomic E-state index is -0.0578. The Kier molecular flexibility index (Phi) is 5.95. The number of ether oxygens (including phenoxy) is 1. The molecular formula is C22H30N4O2. The van der Waals surface area contributed by atoms with E-state index in [1.165, 1.54) is 5.56 Å². The Labute approximate surface area is 167 Å². The van der Waals surface area contributed by atoms with Gasteiger partial charge in [-0.1, -0.05) is 18.2 Å². The summed E-state index contributed by atoms with van der Waals surface area (Å²) < 4.78 is 8.19. The van der Waals surface area contributed by atoms with Crippen LogP contribution in [0.1, 0.15) is 38.2 Å². The highest BCUT2D eigenvalue weighted by molar-refractivity contribution is 5.83. The molecule has 0 spiro atoms. The molecule has 6 nitrogen and oxygen atoms in total. The van der Waals surface area contributed by atoms with Gasteiger partial charge in [-0.25, -0.2) is 4.98 Å². The highest BCUT2D eigenvalue weighted by atomic mass is 16.5. The number of hydrogen-bond donors (Lipinski definition) is 0. The fourth-order valence-corrected chi connectivity index (χ4v) is 4.33. The Morgan fingerprint density at radius 2 is 2.14 bits per heavy atom. The van der Waals surface area contributed by atoms with E-state index in [2.05, 4.69) is 31.5 Å². The maximum absolute atomic E-state index is 12.7. The Morgan fingerprint density at radius 3 is 3.00 bits per heavy atom. The Balaban J connectivity index is 1.31. The van der Waals surface area contributed by atoms with Crippen molar-refractivity contribution in [3.63, 3.8) is 0 Å². The standard InChI is InChI=1S/C22H30N4O2/c1-18-22(27)26-12-6-8-20(26)16-25(18)15-19-7-2-3-9-21(19)28-14-5-4-11-24-13-10-23-17-24/h2-3,7,9-10,13,17-18,20H,4-6,8,11-12,14-16H2,1H3/t18-,20-/m1/s1. The molecule has 0 saturated carbocycles. The van der Waals surface area contributed by atoms with Crippen molar-refractivity contribution in [3.05, 3.63) is 48.5 Å². The van der Waals surface area contributed by atoms with E-state index in [1.54, 1.807) is 0 Å². The third kappa shape index (κ3) is 4.22. The fourth-order valence-electron chi connectivity index (χ4n) is 4.33. The van der Waals surface area contributed by atoms with Crippen molar-refractivity contribution in [2.75, 3.05) is 19.7 Å². The third-order valence-electron chi connectivity index (χ3n) is 5.98. The Bertz CT molecular complexity index is 777. The van der Waals surface area contributed by atoms with E-state index in [4.69, 9.17) is 4.74 Å². The number of nitrogens with zero attached hydrogens (tertiary/aromatic N) is 4. The van der Waals surface area contributed by atoms with Crippen LogP contribution in [0.3, 0.4) is 0 Å². The lowest BCUT2D eigenvalue weighted by Gasteiger charge is -2.41. The van der Waals surface area contributed by atoms with E-state index < -0.39 is 0 Å². The van der Waals surface area contributed by atoms with Crippen molar-refractivity contribution >= 4 is 5.91 Å². The predicted octanol–water partition coefficient (Wildman–Crippen LogP) is 2.94. The molecule has 1 aromatic carbocycles. The number of aromatic nitrogens is 2. The van der Waals surface area contributed by atoms with Gasteiger partial charge in [0.15, 0.2) is 0 Å². The first kappa shape index (κ1) is 19.0. The molecule has 2 saturated heterocycles. The summed E-state index contributed by atoms with van der Waals surface area (Å²) in [5.41, 5.74) is 1.17. The van der Waals surface area contributed by atoms with Crippen molar-refractivity contribution in [3.8, 4) is 5.75 Å². The molecule has 2 fully saturated rings. The normalized spacial score (nSPS) is 22.5. The first-order valence-corrected chi connectivity index (χ1v) is 10.4. The summed E-state index contributed by atoms with van der Waals surface area (Å²) >= 11 is 0. The molecule has 6 heteroatoms. The lowest BCUT2D eigenvalue weighted by Crippen LogP contribution is -2.58. The predicted molar refractivity (Wildman–Crippen MR) is 108 cm³/mol. The van der Waals surface area contributed by atoms with Crippen LogP contribution in [-0.2, 0) is 17.9 Å². The van der Waals surface area contributed by atoms with E-state index in [9.17, 15) is 4.79 Å². The van der Waals surface area contributed by atoms with Crippen molar-refractivity contribution in [1.29, 1.82) is 0 Å². The molecule has 4 rings (SSSR count). The highest BCUT2D eigenvalue weighted by Gasteiger charge is 2.40. The second-order valence-electron chi connectivity index (χ2n) is 7.90. The van der Waals surface area contributed by atoms with Crippen molar-refractivity contribution in [1.82, 2.24) is 19.4 Å². The van der Waals surface area contributed by atoms with Gasteiger partial charge < -0.3 is 14.2 Å². The SMILES string of the molecule is C[C@@H]1C(=O)N2CCC[C@@H]2CN1Cc1ccccc1OCCCCn1ccnc1. The van der Waals surface area contributed by atoms with Gasteiger partial charge in [0.2, 0.25) is 5.91 Å². The van der Waals surface area contributed by atoms with Crippen LogP contribution < -0.4 is 4.74 Å². The number of unbranched alkanes of at least 4 members (excludes halogenated alkanes) is 1. The maximum atomic E-state index is 12.7. The number of hydrogen-bond acceptors (Lipinski definition) is 4. The van der Waals surface area contributed by atoms with Crippen LogP contribution in [0.5, 0.6) is 5.75 Å². The van der Waals surface area contributed by atoms with E-state index in [0.717, 1.165) is 57.6 Å². The van der Waals surface area contributed by atoms with Gasteiger partial charge in [-0.15, -0.1) is 0 Å². The van der Waals surface area contributed by atoms with Crippen LogP contribution in [0.15, 0.2) is 43.0 Å². The number of carbonyl (C=O) groups is 1. The monoisotopic (exact) mass is 382 g/mol. The van der Waals surface area contributed by atoms with Gasteiger partial charge in [0, 0.05) is 50.2 Å². The zero-order valence-electron chi connectivity index (χ0n) is 16.7. The van der Waals surface area contributed by atoms with Crippen molar-refractivity contribution in [2.24, 2.45) is 0 Å². The summed E-state index contributed by atoms with van der Waals surface area (Å²) in [5, 5.41) is 0. The summed E-state index contributed by atoms with van der Waals surface area (Å²) in [7, 11) is 0. The molecule has 2 aromatic rings. The summed E-state index contributed by atoms with van der Waals surface area (Å²) in [4.78, 5) is 21.2. The number of aryl methyl sites for hydroxylation is 1. The zero-order chi connectivity index (χ0) is 19.3. The number of fused-ring (bicyclic) bond motifs is 1. The maximum Gasteiger partial charge on any atom is 0.239 e. The summed E-state index contributed by atoms with van der Waals surface area (Å²) in [5.74, 6) is 1.23. The Hall–Kier alpha value is -2.34. The van der Waals surface area contributed by atoms with Crippen LogP contribution in [-0.4, -0.2) is 57.0 Å². The highest BCUT2D eigenvalue weighted by Crippen LogP contribution is 2.28. The van der Waals surface area contributed by atoms with Gasteiger partial charge in [0.05, 0.1) is 19.0 Å². The molecule has 2 aliphatic heterocycles. The molecular weight excluding hydrogens is 352 g/mol. The molecule has 0 unspecified atom stereocenters. The fraction of sp³-hybridized carbons (Fsp3) is 0.545. The summed E-state index contributed by atoms with van der Waals surface area (Å²) in [6, 6.07) is 8.58. The third-order valence-corrected chi connectivity index (χ3v) is 5.98. The van der Waals surface area contributed by atoms with Crippen molar-refractivity contribution in [2.45, 2.75) is 57.8 Å². The molecule has 0 bridgehead atoms.